The van der Waals surface area contributed by atoms with Crippen LogP contribution in [0.3, 0.4) is 0 Å². The fourth-order valence-corrected chi connectivity index (χ4v) is 3.30. The monoisotopic (exact) mass is 395 g/mol. The van der Waals surface area contributed by atoms with Crippen molar-refractivity contribution in [3.63, 3.8) is 0 Å². The second-order valence-corrected chi connectivity index (χ2v) is 6.53. The van der Waals surface area contributed by atoms with Crippen LogP contribution in [0.5, 0.6) is 0 Å². The maximum absolute atomic E-state index is 14.2. The van der Waals surface area contributed by atoms with Crippen LogP contribution in [0.25, 0.3) is 17.0 Å². The number of aryl methyl sites for hydroxylation is 1. The first-order valence-electron chi connectivity index (χ1n) is 8.72. The van der Waals surface area contributed by atoms with Gasteiger partial charge < -0.3 is 9.67 Å². The van der Waals surface area contributed by atoms with E-state index in [-0.39, 0.29) is 17.9 Å². The lowest BCUT2D eigenvalue weighted by Crippen LogP contribution is -2.26. The Hall–Kier alpha value is -3.81. The van der Waals surface area contributed by atoms with Gasteiger partial charge in [-0.1, -0.05) is 36.4 Å². The largest absolute Gasteiger partial charge is 0.477 e. The van der Waals surface area contributed by atoms with Gasteiger partial charge in [-0.05, 0) is 19.1 Å². The number of carboxylic acid groups (broad SMARTS) is 1. The summed E-state index contributed by atoms with van der Waals surface area (Å²) in [7, 11) is 0. The Kier molecular flexibility index (Phi) is 4.46. The van der Waals surface area contributed by atoms with Crippen LogP contribution in [0, 0.1) is 18.6 Å². The van der Waals surface area contributed by atoms with Gasteiger partial charge >= 0.3 is 5.97 Å². The summed E-state index contributed by atoms with van der Waals surface area (Å²) in [6.07, 6.45) is 1.06. The van der Waals surface area contributed by atoms with Crippen molar-refractivity contribution >= 4 is 11.7 Å². The van der Waals surface area contributed by atoms with Gasteiger partial charge in [0, 0.05) is 17.3 Å². The first-order valence-corrected chi connectivity index (χ1v) is 8.72. The van der Waals surface area contributed by atoms with Crippen LogP contribution in [0.15, 0.2) is 59.5 Å². The maximum Gasteiger partial charge on any atom is 0.342 e. The normalized spacial score (nSPS) is 11.1. The molecule has 29 heavy (non-hydrogen) atoms. The van der Waals surface area contributed by atoms with Gasteiger partial charge in [-0.3, -0.25) is 4.79 Å². The van der Waals surface area contributed by atoms with Crippen molar-refractivity contribution in [1.82, 2.24) is 14.0 Å². The Bertz CT molecular complexity index is 1290. The minimum absolute atomic E-state index is 0.0963. The van der Waals surface area contributed by atoms with Gasteiger partial charge in [0.25, 0.3) is 5.56 Å². The summed E-state index contributed by atoms with van der Waals surface area (Å²) in [6, 6.07) is 12.5. The highest BCUT2D eigenvalue weighted by atomic mass is 19.1. The SMILES string of the molecule is Cc1c(-c2ccccc2)nc2n(Cc3c(F)cccc3F)cc(C(=O)O)c(=O)n12. The number of imidazole rings is 1. The van der Waals surface area contributed by atoms with E-state index in [2.05, 4.69) is 4.98 Å². The number of hydrogen-bond donors (Lipinski definition) is 1. The van der Waals surface area contributed by atoms with Crippen molar-refractivity contribution < 1.29 is 18.7 Å². The van der Waals surface area contributed by atoms with E-state index in [1.807, 2.05) is 18.2 Å². The summed E-state index contributed by atoms with van der Waals surface area (Å²) in [6.45, 7) is 1.32. The average Bonchev–Trinajstić information content (AvgIpc) is 3.05. The summed E-state index contributed by atoms with van der Waals surface area (Å²) in [5.74, 6) is -2.89. The van der Waals surface area contributed by atoms with E-state index in [4.69, 9.17) is 0 Å². The van der Waals surface area contributed by atoms with Gasteiger partial charge in [-0.15, -0.1) is 0 Å². The second kappa shape index (κ2) is 6.97. The number of aromatic nitrogens is 3. The van der Waals surface area contributed by atoms with Crippen LogP contribution in [0.2, 0.25) is 0 Å². The van der Waals surface area contributed by atoms with E-state index < -0.39 is 28.7 Å². The molecule has 0 fully saturated rings. The zero-order valence-electron chi connectivity index (χ0n) is 15.3. The molecule has 0 saturated heterocycles. The Balaban J connectivity index is 2.02. The predicted molar refractivity (Wildman–Crippen MR) is 102 cm³/mol. The Morgan fingerprint density at radius 3 is 2.34 bits per heavy atom. The molecule has 0 aliphatic rings. The van der Waals surface area contributed by atoms with Crippen LogP contribution in [-0.4, -0.2) is 25.0 Å². The second-order valence-electron chi connectivity index (χ2n) is 6.53. The molecule has 0 atom stereocenters. The number of nitrogens with zero attached hydrogens (tertiary/aromatic N) is 3. The molecule has 0 saturated carbocycles. The number of aromatic carboxylic acids is 1. The molecular weight excluding hydrogens is 380 g/mol. The summed E-state index contributed by atoms with van der Waals surface area (Å²) >= 11 is 0. The van der Waals surface area contributed by atoms with Crippen molar-refractivity contribution in [2.45, 2.75) is 13.5 Å². The van der Waals surface area contributed by atoms with Crippen molar-refractivity contribution in [3.8, 4) is 11.3 Å². The molecule has 2 aromatic carbocycles. The van der Waals surface area contributed by atoms with Crippen molar-refractivity contribution in [2.75, 3.05) is 0 Å². The van der Waals surface area contributed by atoms with Gasteiger partial charge in [0.05, 0.1) is 17.9 Å². The number of halogens is 2. The molecule has 4 rings (SSSR count). The highest BCUT2D eigenvalue weighted by molar-refractivity contribution is 5.87. The van der Waals surface area contributed by atoms with Crippen LogP contribution in [0.1, 0.15) is 21.6 Å². The molecule has 6 nitrogen and oxygen atoms in total. The third kappa shape index (κ3) is 3.08. The van der Waals surface area contributed by atoms with Crippen molar-refractivity contribution in [2.24, 2.45) is 0 Å². The summed E-state index contributed by atoms with van der Waals surface area (Å²) in [4.78, 5) is 28.8. The van der Waals surface area contributed by atoms with E-state index >= 15 is 0 Å². The molecule has 4 aromatic rings. The van der Waals surface area contributed by atoms with E-state index in [0.717, 1.165) is 28.3 Å². The molecule has 0 amide bonds. The lowest BCUT2D eigenvalue weighted by molar-refractivity contribution is 0.0693. The first kappa shape index (κ1) is 18.5. The number of fused-ring (bicyclic) bond motifs is 1. The maximum atomic E-state index is 14.2. The topological polar surface area (TPSA) is 76.6 Å². The number of carboxylic acids is 1. The summed E-state index contributed by atoms with van der Waals surface area (Å²) in [5, 5.41) is 9.44. The van der Waals surface area contributed by atoms with Gasteiger partial charge in [0.2, 0.25) is 5.78 Å². The Morgan fingerprint density at radius 2 is 1.72 bits per heavy atom. The molecular formula is C21H15F2N3O3. The number of rotatable bonds is 4. The molecule has 0 unspecified atom stereocenters. The molecule has 0 radical (unpaired) electrons. The average molecular weight is 395 g/mol. The lowest BCUT2D eigenvalue weighted by Gasteiger charge is -2.11. The lowest BCUT2D eigenvalue weighted by atomic mass is 10.1. The quantitative estimate of drug-likeness (QED) is 0.574. The van der Waals surface area contributed by atoms with E-state index in [9.17, 15) is 23.5 Å². The van der Waals surface area contributed by atoms with Gasteiger partial charge in [-0.2, -0.15) is 0 Å². The minimum atomic E-state index is -1.44. The van der Waals surface area contributed by atoms with Crippen LogP contribution in [-0.2, 0) is 6.54 Å². The van der Waals surface area contributed by atoms with E-state index in [0.29, 0.717) is 11.4 Å². The van der Waals surface area contributed by atoms with Crippen LogP contribution >= 0.6 is 0 Å². The van der Waals surface area contributed by atoms with Crippen molar-refractivity contribution in [3.05, 3.63) is 93.5 Å². The van der Waals surface area contributed by atoms with Gasteiger partial charge in [0.1, 0.15) is 17.2 Å². The third-order valence-corrected chi connectivity index (χ3v) is 4.73. The summed E-state index contributed by atoms with van der Waals surface area (Å²) in [5.41, 5.74) is 0.110. The van der Waals surface area contributed by atoms with E-state index in [1.54, 1.807) is 19.1 Å². The molecule has 0 spiro atoms. The zero-order valence-corrected chi connectivity index (χ0v) is 15.3. The highest BCUT2D eigenvalue weighted by Gasteiger charge is 2.21. The summed E-state index contributed by atoms with van der Waals surface area (Å²) < 4.78 is 30.8. The van der Waals surface area contributed by atoms with Gasteiger partial charge in [0.15, 0.2) is 0 Å². The molecule has 8 heteroatoms. The molecule has 0 bridgehead atoms. The third-order valence-electron chi connectivity index (χ3n) is 4.73. The molecule has 0 aliphatic heterocycles. The molecule has 1 N–H and O–H groups in total. The molecule has 146 valence electrons. The Morgan fingerprint density at radius 1 is 1.07 bits per heavy atom. The highest BCUT2D eigenvalue weighted by Crippen LogP contribution is 2.24. The smallest absolute Gasteiger partial charge is 0.342 e. The minimum Gasteiger partial charge on any atom is -0.477 e. The Labute approximate surface area is 163 Å². The number of hydrogen-bond acceptors (Lipinski definition) is 3. The standard InChI is InChI=1S/C21H15F2N3O3/c1-12-18(13-6-3-2-4-7-13)24-21-25(10-14-16(22)8-5-9-17(14)23)11-15(20(28)29)19(27)26(12)21/h2-9,11H,10H2,1H3,(H,28,29). The predicted octanol–water partition coefficient (Wildman–Crippen LogP) is 3.50. The number of benzene rings is 2. The molecule has 0 aliphatic carbocycles. The molecule has 2 aromatic heterocycles. The zero-order chi connectivity index (χ0) is 20.7. The fraction of sp³-hybridized carbons (Fsp3) is 0.0952. The van der Waals surface area contributed by atoms with Crippen LogP contribution in [0.4, 0.5) is 8.78 Å². The van der Waals surface area contributed by atoms with Gasteiger partial charge in [-0.25, -0.2) is 23.0 Å². The first-order chi connectivity index (χ1) is 13.9. The molecule has 2 heterocycles. The van der Waals surface area contributed by atoms with E-state index in [1.165, 1.54) is 10.6 Å². The van der Waals surface area contributed by atoms with Crippen molar-refractivity contribution in [1.29, 1.82) is 0 Å². The number of carbonyl (C=O) groups is 1. The fourth-order valence-electron chi connectivity index (χ4n) is 3.30. The van der Waals surface area contributed by atoms with Crippen LogP contribution < -0.4 is 5.56 Å².